The fourth-order valence-electron chi connectivity index (χ4n) is 1.08. The Morgan fingerprint density at radius 3 is 3.00 bits per heavy atom. The van der Waals surface area contributed by atoms with Gasteiger partial charge in [0.15, 0.2) is 0 Å². The van der Waals surface area contributed by atoms with Crippen molar-refractivity contribution in [1.29, 1.82) is 0 Å². The standard InChI is InChI=1S/C9H13NO2/c1-7(11)6-8-4-3-5-10-9(8)12-2/h3-5,7,11H,6H2,1-2H3/t7-/m0/s1. The van der Waals surface area contributed by atoms with Gasteiger partial charge in [-0.1, -0.05) is 6.07 Å². The normalized spacial score (nSPS) is 12.6. The average molecular weight is 167 g/mol. The van der Waals surface area contributed by atoms with Gasteiger partial charge in [0.2, 0.25) is 5.88 Å². The molecule has 3 heteroatoms. The first-order valence-electron chi connectivity index (χ1n) is 3.90. The van der Waals surface area contributed by atoms with Crippen molar-refractivity contribution in [3.05, 3.63) is 23.9 Å². The van der Waals surface area contributed by atoms with E-state index < -0.39 is 0 Å². The highest BCUT2D eigenvalue weighted by Gasteiger charge is 2.05. The molecular formula is C9H13NO2. The lowest BCUT2D eigenvalue weighted by Gasteiger charge is -2.07. The average Bonchev–Trinajstić information content (AvgIpc) is 2.04. The third-order valence-electron chi connectivity index (χ3n) is 1.56. The van der Waals surface area contributed by atoms with Gasteiger partial charge in [-0.15, -0.1) is 0 Å². The summed E-state index contributed by atoms with van der Waals surface area (Å²) >= 11 is 0. The maximum absolute atomic E-state index is 9.14. The van der Waals surface area contributed by atoms with Gasteiger partial charge in [-0.3, -0.25) is 0 Å². The summed E-state index contributed by atoms with van der Waals surface area (Å²) in [7, 11) is 1.58. The Morgan fingerprint density at radius 1 is 1.67 bits per heavy atom. The van der Waals surface area contributed by atoms with Gasteiger partial charge < -0.3 is 9.84 Å². The van der Waals surface area contributed by atoms with E-state index in [0.717, 1.165) is 5.56 Å². The summed E-state index contributed by atoms with van der Waals surface area (Å²) in [5.74, 6) is 0.596. The van der Waals surface area contributed by atoms with Crippen LogP contribution in [0, 0.1) is 0 Å². The molecule has 0 fully saturated rings. The first-order valence-corrected chi connectivity index (χ1v) is 3.90. The SMILES string of the molecule is COc1ncccc1C[C@H](C)O. The molecule has 0 spiro atoms. The van der Waals surface area contributed by atoms with Crippen molar-refractivity contribution in [2.45, 2.75) is 19.4 Å². The predicted octanol–water partition coefficient (Wildman–Crippen LogP) is 1.01. The number of aliphatic hydroxyl groups is 1. The zero-order valence-corrected chi connectivity index (χ0v) is 7.32. The topological polar surface area (TPSA) is 42.4 Å². The molecule has 1 rings (SSSR count). The minimum absolute atomic E-state index is 0.358. The molecule has 12 heavy (non-hydrogen) atoms. The maximum atomic E-state index is 9.14. The Hall–Kier alpha value is -1.09. The Morgan fingerprint density at radius 2 is 2.42 bits per heavy atom. The summed E-state index contributed by atoms with van der Waals surface area (Å²) < 4.78 is 5.02. The van der Waals surface area contributed by atoms with Crippen LogP contribution >= 0.6 is 0 Å². The highest BCUT2D eigenvalue weighted by atomic mass is 16.5. The van der Waals surface area contributed by atoms with E-state index in [4.69, 9.17) is 9.84 Å². The number of hydrogen-bond acceptors (Lipinski definition) is 3. The number of aromatic nitrogens is 1. The lowest BCUT2D eigenvalue weighted by atomic mass is 10.1. The van der Waals surface area contributed by atoms with Crippen molar-refractivity contribution < 1.29 is 9.84 Å². The predicted molar refractivity (Wildman–Crippen MR) is 46.2 cm³/mol. The minimum Gasteiger partial charge on any atom is -0.481 e. The number of hydrogen-bond donors (Lipinski definition) is 1. The van der Waals surface area contributed by atoms with E-state index in [1.807, 2.05) is 12.1 Å². The summed E-state index contributed by atoms with van der Waals surface area (Å²) in [4.78, 5) is 4.02. The first-order chi connectivity index (χ1) is 5.74. The molecule has 1 heterocycles. The van der Waals surface area contributed by atoms with Crippen LogP contribution in [-0.4, -0.2) is 23.3 Å². The quantitative estimate of drug-likeness (QED) is 0.730. The van der Waals surface area contributed by atoms with E-state index in [2.05, 4.69) is 4.98 Å². The van der Waals surface area contributed by atoms with Crippen molar-refractivity contribution in [3.63, 3.8) is 0 Å². The van der Waals surface area contributed by atoms with Crippen molar-refractivity contribution in [3.8, 4) is 5.88 Å². The molecule has 1 atom stereocenters. The fourth-order valence-corrected chi connectivity index (χ4v) is 1.08. The Bertz CT molecular complexity index is 248. The van der Waals surface area contributed by atoms with Gasteiger partial charge in [0.25, 0.3) is 0 Å². The Labute approximate surface area is 72.0 Å². The van der Waals surface area contributed by atoms with Crippen LogP contribution in [0.25, 0.3) is 0 Å². The van der Waals surface area contributed by atoms with E-state index in [-0.39, 0.29) is 6.10 Å². The second-order valence-electron chi connectivity index (χ2n) is 2.72. The molecule has 1 aromatic rings. The molecule has 0 saturated heterocycles. The monoisotopic (exact) mass is 167 g/mol. The Kier molecular flexibility index (Phi) is 3.05. The fraction of sp³-hybridized carbons (Fsp3) is 0.444. The van der Waals surface area contributed by atoms with Crippen LogP contribution in [-0.2, 0) is 6.42 Å². The van der Waals surface area contributed by atoms with Crippen LogP contribution in [0.15, 0.2) is 18.3 Å². The van der Waals surface area contributed by atoms with Gasteiger partial charge in [0, 0.05) is 18.2 Å². The van der Waals surface area contributed by atoms with Crippen LogP contribution < -0.4 is 4.74 Å². The summed E-state index contributed by atoms with van der Waals surface area (Å²) in [5, 5.41) is 9.14. The molecule has 0 aliphatic carbocycles. The molecule has 0 aliphatic heterocycles. The van der Waals surface area contributed by atoms with Gasteiger partial charge in [-0.2, -0.15) is 0 Å². The van der Waals surface area contributed by atoms with Gasteiger partial charge in [-0.05, 0) is 13.0 Å². The summed E-state index contributed by atoms with van der Waals surface area (Å²) in [6.45, 7) is 1.74. The molecule has 1 N–H and O–H groups in total. The van der Waals surface area contributed by atoms with Crippen molar-refractivity contribution in [2.75, 3.05) is 7.11 Å². The summed E-state index contributed by atoms with van der Waals surface area (Å²) in [6, 6.07) is 3.73. The van der Waals surface area contributed by atoms with Crippen molar-refractivity contribution >= 4 is 0 Å². The van der Waals surface area contributed by atoms with E-state index in [1.165, 1.54) is 0 Å². The smallest absolute Gasteiger partial charge is 0.216 e. The highest BCUT2D eigenvalue weighted by Crippen LogP contribution is 2.15. The van der Waals surface area contributed by atoms with Crippen LogP contribution in [0.3, 0.4) is 0 Å². The molecule has 0 unspecified atom stereocenters. The zero-order chi connectivity index (χ0) is 8.97. The molecule has 0 radical (unpaired) electrons. The maximum Gasteiger partial charge on any atom is 0.216 e. The van der Waals surface area contributed by atoms with E-state index >= 15 is 0 Å². The van der Waals surface area contributed by atoms with E-state index in [0.29, 0.717) is 12.3 Å². The largest absolute Gasteiger partial charge is 0.481 e. The van der Waals surface area contributed by atoms with Crippen LogP contribution in [0.5, 0.6) is 5.88 Å². The first kappa shape index (κ1) is 9.00. The molecule has 1 aromatic heterocycles. The number of aliphatic hydroxyl groups excluding tert-OH is 1. The molecule has 0 saturated carbocycles. The number of nitrogens with zero attached hydrogens (tertiary/aromatic N) is 1. The summed E-state index contributed by atoms with van der Waals surface area (Å²) in [6.07, 6.45) is 1.89. The van der Waals surface area contributed by atoms with Crippen molar-refractivity contribution in [2.24, 2.45) is 0 Å². The van der Waals surface area contributed by atoms with Gasteiger partial charge in [-0.25, -0.2) is 4.98 Å². The molecular weight excluding hydrogens is 154 g/mol. The molecule has 0 amide bonds. The van der Waals surface area contributed by atoms with E-state index in [9.17, 15) is 0 Å². The van der Waals surface area contributed by atoms with Crippen molar-refractivity contribution in [1.82, 2.24) is 4.98 Å². The second-order valence-corrected chi connectivity index (χ2v) is 2.72. The molecule has 0 aliphatic rings. The molecule has 0 aromatic carbocycles. The lowest BCUT2D eigenvalue weighted by molar-refractivity contribution is 0.194. The van der Waals surface area contributed by atoms with Gasteiger partial charge >= 0.3 is 0 Å². The number of methoxy groups -OCH3 is 1. The number of pyridine rings is 1. The molecule has 66 valence electrons. The molecule has 0 bridgehead atoms. The zero-order valence-electron chi connectivity index (χ0n) is 7.32. The third-order valence-corrected chi connectivity index (χ3v) is 1.56. The second kappa shape index (κ2) is 4.07. The lowest BCUT2D eigenvalue weighted by Crippen LogP contribution is -2.06. The molecule has 3 nitrogen and oxygen atoms in total. The summed E-state index contributed by atoms with van der Waals surface area (Å²) in [5.41, 5.74) is 0.940. The Balaban J connectivity index is 2.82. The minimum atomic E-state index is -0.358. The number of ether oxygens (including phenoxy) is 1. The van der Waals surface area contributed by atoms with Gasteiger partial charge in [0.05, 0.1) is 13.2 Å². The van der Waals surface area contributed by atoms with E-state index in [1.54, 1.807) is 20.2 Å². The van der Waals surface area contributed by atoms with Crippen LogP contribution in [0.2, 0.25) is 0 Å². The third kappa shape index (κ3) is 2.20. The number of rotatable bonds is 3. The van der Waals surface area contributed by atoms with Gasteiger partial charge in [0.1, 0.15) is 0 Å². The van der Waals surface area contributed by atoms with Crippen LogP contribution in [0.4, 0.5) is 0 Å². The highest BCUT2D eigenvalue weighted by molar-refractivity contribution is 5.25. The van der Waals surface area contributed by atoms with Crippen LogP contribution in [0.1, 0.15) is 12.5 Å².